The molecule has 1 heterocycles. The van der Waals surface area contributed by atoms with E-state index < -0.39 is 0 Å². The Bertz CT molecular complexity index is 146. The van der Waals surface area contributed by atoms with Crippen LogP contribution in [-0.4, -0.2) is 30.6 Å². The highest BCUT2D eigenvalue weighted by Gasteiger charge is 2.40. The van der Waals surface area contributed by atoms with E-state index >= 15 is 0 Å². The predicted molar refractivity (Wildman–Crippen MR) is 46.3 cm³/mol. The second kappa shape index (κ2) is 2.76. The lowest BCUT2D eigenvalue weighted by Gasteiger charge is -2.15. The van der Waals surface area contributed by atoms with Crippen LogP contribution in [0, 0.1) is 11.8 Å². The van der Waals surface area contributed by atoms with Crippen molar-refractivity contribution in [2.24, 2.45) is 17.6 Å². The largest absolute Gasteiger partial charge is 0.327 e. The van der Waals surface area contributed by atoms with Crippen molar-refractivity contribution in [3.05, 3.63) is 0 Å². The first-order valence-corrected chi connectivity index (χ1v) is 4.79. The van der Waals surface area contributed by atoms with Crippen LogP contribution in [-0.2, 0) is 0 Å². The topological polar surface area (TPSA) is 29.3 Å². The zero-order valence-electron chi connectivity index (χ0n) is 7.29. The van der Waals surface area contributed by atoms with Crippen LogP contribution in [0.4, 0.5) is 0 Å². The molecular formula is C9H18N2. The second-order valence-electron chi connectivity index (χ2n) is 4.02. The van der Waals surface area contributed by atoms with E-state index in [-0.39, 0.29) is 0 Å². The first-order chi connectivity index (χ1) is 5.31. The molecule has 2 heteroatoms. The lowest BCUT2D eigenvalue weighted by molar-refractivity contribution is 0.322. The summed E-state index contributed by atoms with van der Waals surface area (Å²) in [4.78, 5) is 2.54. The lowest BCUT2D eigenvalue weighted by Crippen LogP contribution is -2.30. The van der Waals surface area contributed by atoms with E-state index in [4.69, 9.17) is 5.73 Å². The van der Waals surface area contributed by atoms with Crippen LogP contribution in [0.25, 0.3) is 0 Å². The summed E-state index contributed by atoms with van der Waals surface area (Å²) in [5.74, 6) is 1.76. The first kappa shape index (κ1) is 7.56. The number of hydrogen-bond donors (Lipinski definition) is 1. The molecule has 0 amide bonds. The third-order valence-electron chi connectivity index (χ3n) is 3.44. The van der Waals surface area contributed by atoms with Gasteiger partial charge in [-0.05, 0) is 31.2 Å². The van der Waals surface area contributed by atoms with Gasteiger partial charge >= 0.3 is 0 Å². The smallest absolute Gasteiger partial charge is 0.00826 e. The molecule has 0 radical (unpaired) electrons. The normalized spacial score (nSPS) is 44.7. The Hall–Kier alpha value is -0.0800. The molecule has 2 unspecified atom stereocenters. The highest BCUT2D eigenvalue weighted by atomic mass is 15.2. The summed E-state index contributed by atoms with van der Waals surface area (Å²) < 4.78 is 0. The molecule has 1 saturated carbocycles. The summed E-state index contributed by atoms with van der Waals surface area (Å²) in [5, 5.41) is 0. The van der Waals surface area contributed by atoms with Crippen molar-refractivity contribution >= 4 is 0 Å². The number of hydrogen-bond acceptors (Lipinski definition) is 2. The van der Waals surface area contributed by atoms with E-state index in [9.17, 15) is 0 Å². The Balaban J connectivity index is 1.98. The van der Waals surface area contributed by atoms with E-state index in [0.717, 1.165) is 11.8 Å². The van der Waals surface area contributed by atoms with Crippen molar-refractivity contribution in [2.45, 2.75) is 25.8 Å². The van der Waals surface area contributed by atoms with Crippen molar-refractivity contribution < 1.29 is 0 Å². The highest BCUT2D eigenvalue weighted by Crippen LogP contribution is 2.36. The lowest BCUT2D eigenvalue weighted by atomic mass is 9.98. The Morgan fingerprint density at radius 3 is 2.82 bits per heavy atom. The maximum Gasteiger partial charge on any atom is 0.00826 e. The van der Waals surface area contributed by atoms with Crippen molar-refractivity contribution in [1.82, 2.24) is 4.90 Å². The fourth-order valence-corrected chi connectivity index (χ4v) is 2.66. The number of likely N-dealkylation sites (tertiary alicyclic amines) is 1. The molecule has 1 aliphatic carbocycles. The summed E-state index contributed by atoms with van der Waals surface area (Å²) in [6.07, 6.45) is 2.65. The van der Waals surface area contributed by atoms with Crippen LogP contribution in [0.5, 0.6) is 0 Å². The van der Waals surface area contributed by atoms with Gasteiger partial charge in [0.25, 0.3) is 0 Å². The van der Waals surface area contributed by atoms with Gasteiger partial charge in [-0.1, -0.05) is 6.92 Å². The van der Waals surface area contributed by atoms with Gasteiger partial charge in [-0.2, -0.15) is 0 Å². The molecule has 2 N–H and O–H groups in total. The van der Waals surface area contributed by atoms with Crippen molar-refractivity contribution in [3.8, 4) is 0 Å². The van der Waals surface area contributed by atoms with Crippen molar-refractivity contribution in [3.63, 3.8) is 0 Å². The van der Waals surface area contributed by atoms with Gasteiger partial charge in [0.1, 0.15) is 0 Å². The fourth-order valence-electron chi connectivity index (χ4n) is 2.66. The van der Waals surface area contributed by atoms with Gasteiger partial charge in [0, 0.05) is 19.1 Å². The summed E-state index contributed by atoms with van der Waals surface area (Å²) in [5.41, 5.74) is 6.01. The quantitative estimate of drug-likeness (QED) is 0.601. The van der Waals surface area contributed by atoms with Gasteiger partial charge < -0.3 is 10.6 Å². The Kier molecular flexibility index (Phi) is 1.90. The molecule has 0 spiro atoms. The Morgan fingerprint density at radius 2 is 2.18 bits per heavy atom. The van der Waals surface area contributed by atoms with Crippen LogP contribution in [0.3, 0.4) is 0 Å². The van der Waals surface area contributed by atoms with Gasteiger partial charge in [-0.3, -0.25) is 0 Å². The van der Waals surface area contributed by atoms with E-state index in [1.807, 2.05) is 0 Å². The monoisotopic (exact) mass is 154 g/mol. The molecule has 0 aromatic heterocycles. The first-order valence-electron chi connectivity index (χ1n) is 4.79. The van der Waals surface area contributed by atoms with Crippen LogP contribution in [0.2, 0.25) is 0 Å². The molecule has 11 heavy (non-hydrogen) atoms. The summed E-state index contributed by atoms with van der Waals surface area (Å²) in [7, 11) is 0. The molecule has 2 nitrogen and oxygen atoms in total. The molecule has 64 valence electrons. The maximum absolute atomic E-state index is 6.01. The number of fused-ring (bicyclic) bond motifs is 1. The van der Waals surface area contributed by atoms with E-state index in [1.165, 1.54) is 32.5 Å². The number of nitrogens with two attached hydrogens (primary N) is 1. The highest BCUT2D eigenvalue weighted by molar-refractivity contribution is 4.95. The maximum atomic E-state index is 6.01. The molecule has 2 aliphatic rings. The minimum atomic E-state index is 0.511. The van der Waals surface area contributed by atoms with Gasteiger partial charge in [0.15, 0.2) is 0 Å². The minimum absolute atomic E-state index is 0.511. The Morgan fingerprint density at radius 1 is 1.36 bits per heavy atom. The molecule has 2 fully saturated rings. The molecule has 0 aromatic rings. The molecule has 3 atom stereocenters. The van der Waals surface area contributed by atoms with E-state index in [0.29, 0.717) is 6.04 Å². The third kappa shape index (κ3) is 1.18. The molecule has 1 saturated heterocycles. The summed E-state index contributed by atoms with van der Waals surface area (Å²) in [6.45, 7) is 6.03. The predicted octanol–water partition coefficient (Wildman–Crippen LogP) is 0.675. The van der Waals surface area contributed by atoms with Crippen LogP contribution >= 0.6 is 0 Å². The minimum Gasteiger partial charge on any atom is -0.327 e. The number of nitrogens with zero attached hydrogens (tertiary/aromatic N) is 1. The van der Waals surface area contributed by atoms with Crippen LogP contribution in [0.1, 0.15) is 19.8 Å². The molecule has 2 rings (SSSR count). The van der Waals surface area contributed by atoms with Gasteiger partial charge in [0.2, 0.25) is 0 Å². The SMILES string of the molecule is CCN1CC2CC[C@@H](N)C2C1. The zero-order valence-corrected chi connectivity index (χ0v) is 7.29. The standard InChI is InChI=1S/C9H18N2/c1-2-11-5-7-3-4-9(10)8(7)6-11/h7-9H,2-6,10H2,1H3/t7?,8?,9-/m1/s1. The van der Waals surface area contributed by atoms with Crippen LogP contribution < -0.4 is 5.73 Å². The van der Waals surface area contributed by atoms with Crippen molar-refractivity contribution in [1.29, 1.82) is 0 Å². The average molecular weight is 154 g/mol. The van der Waals surface area contributed by atoms with Crippen LogP contribution in [0.15, 0.2) is 0 Å². The van der Waals surface area contributed by atoms with E-state index in [1.54, 1.807) is 0 Å². The number of rotatable bonds is 1. The zero-order chi connectivity index (χ0) is 7.84. The summed E-state index contributed by atoms with van der Waals surface area (Å²) in [6, 6.07) is 0.511. The molecule has 0 bridgehead atoms. The average Bonchev–Trinajstić information content (AvgIpc) is 2.53. The molecule has 1 aliphatic heterocycles. The van der Waals surface area contributed by atoms with Gasteiger partial charge in [-0.25, -0.2) is 0 Å². The van der Waals surface area contributed by atoms with Crippen molar-refractivity contribution in [2.75, 3.05) is 19.6 Å². The molecular weight excluding hydrogens is 136 g/mol. The third-order valence-corrected chi connectivity index (χ3v) is 3.44. The van der Waals surface area contributed by atoms with E-state index in [2.05, 4.69) is 11.8 Å². The summed E-state index contributed by atoms with van der Waals surface area (Å²) >= 11 is 0. The van der Waals surface area contributed by atoms with Gasteiger partial charge in [-0.15, -0.1) is 0 Å². The van der Waals surface area contributed by atoms with Gasteiger partial charge in [0.05, 0.1) is 0 Å². The molecule has 0 aromatic carbocycles. The fraction of sp³-hybridized carbons (Fsp3) is 1.00. The Labute approximate surface area is 68.7 Å². The second-order valence-corrected chi connectivity index (χ2v) is 4.02.